The molecule has 3 N–H and O–H groups in total. The van der Waals surface area contributed by atoms with Crippen molar-refractivity contribution >= 4 is 12.0 Å². The summed E-state index contributed by atoms with van der Waals surface area (Å²) in [4.78, 5) is 10.5. The molecule has 0 atom stereocenters. The number of aliphatic carboxylic acids is 1. The van der Waals surface area contributed by atoms with E-state index in [2.05, 4.69) is 0 Å². The van der Waals surface area contributed by atoms with Crippen LogP contribution in [-0.4, -0.2) is 17.2 Å². The van der Waals surface area contributed by atoms with Crippen molar-refractivity contribution in [3.63, 3.8) is 0 Å². The molecule has 4 heteroatoms. The van der Waals surface area contributed by atoms with Gasteiger partial charge in [-0.3, -0.25) is 0 Å². The monoisotopic (exact) mass is 221 g/mol. The third-order valence-corrected chi connectivity index (χ3v) is 1.80. The van der Waals surface area contributed by atoms with Crippen molar-refractivity contribution in [1.82, 2.24) is 0 Å². The molecule has 4 nitrogen and oxygen atoms in total. The second-order valence-corrected chi connectivity index (χ2v) is 3.64. The number of carbonyl (C=O) groups is 1. The Bertz CT molecular complexity index is 410. The van der Waals surface area contributed by atoms with Gasteiger partial charge in [0.05, 0.1) is 6.10 Å². The highest BCUT2D eigenvalue weighted by Crippen LogP contribution is 2.16. The molecule has 86 valence electrons. The van der Waals surface area contributed by atoms with Crippen LogP contribution in [0.5, 0.6) is 5.75 Å². The van der Waals surface area contributed by atoms with Crippen LogP contribution in [0.1, 0.15) is 19.4 Å². The quantitative estimate of drug-likeness (QED) is 0.761. The Labute approximate surface area is 94.3 Å². The van der Waals surface area contributed by atoms with E-state index in [9.17, 15) is 4.79 Å². The van der Waals surface area contributed by atoms with E-state index in [1.54, 1.807) is 18.2 Å². The number of ether oxygens (including phenoxy) is 1. The normalized spacial score (nSPS) is 11.6. The molecule has 0 spiro atoms. The molecule has 0 radical (unpaired) electrons. The highest BCUT2D eigenvalue weighted by molar-refractivity contribution is 5.91. The lowest BCUT2D eigenvalue weighted by atomic mass is 10.2. The van der Waals surface area contributed by atoms with Gasteiger partial charge in [-0.1, -0.05) is 12.1 Å². The number of nitrogens with two attached hydrogens (primary N) is 1. The summed E-state index contributed by atoms with van der Waals surface area (Å²) in [6.07, 6.45) is 1.48. The second-order valence-electron chi connectivity index (χ2n) is 3.64. The smallest absolute Gasteiger partial charge is 0.351 e. The largest absolute Gasteiger partial charge is 0.491 e. The minimum atomic E-state index is -1.13. The molecule has 0 heterocycles. The standard InChI is InChI=1S/C12H15NO3/c1-8(2)16-10-5-3-4-9(6-10)7-11(13)12(14)15/h3-8H,13H2,1-2H3,(H,14,15)/b11-7+. The van der Waals surface area contributed by atoms with Crippen LogP contribution in [-0.2, 0) is 4.79 Å². The predicted molar refractivity (Wildman–Crippen MR) is 62.0 cm³/mol. The molecule has 16 heavy (non-hydrogen) atoms. The minimum Gasteiger partial charge on any atom is -0.491 e. The highest BCUT2D eigenvalue weighted by atomic mass is 16.5. The Kier molecular flexibility index (Phi) is 3.94. The van der Waals surface area contributed by atoms with E-state index in [0.717, 1.165) is 0 Å². The minimum absolute atomic E-state index is 0.0797. The molecule has 0 bridgehead atoms. The van der Waals surface area contributed by atoms with Gasteiger partial charge in [0.2, 0.25) is 0 Å². The van der Waals surface area contributed by atoms with E-state index < -0.39 is 5.97 Å². The highest BCUT2D eigenvalue weighted by Gasteiger charge is 2.02. The Balaban J connectivity index is 2.90. The molecule has 0 fully saturated rings. The van der Waals surface area contributed by atoms with E-state index in [1.165, 1.54) is 6.08 Å². The number of benzene rings is 1. The Hall–Kier alpha value is -1.97. The first-order valence-electron chi connectivity index (χ1n) is 4.96. The molecule has 0 saturated carbocycles. The molecule has 0 aliphatic rings. The van der Waals surface area contributed by atoms with Crippen LogP contribution in [0.25, 0.3) is 6.08 Å². The topological polar surface area (TPSA) is 72.5 Å². The lowest BCUT2D eigenvalue weighted by Gasteiger charge is -2.09. The molecule has 1 aromatic carbocycles. The molecule has 0 unspecified atom stereocenters. The van der Waals surface area contributed by atoms with Crippen molar-refractivity contribution in [2.45, 2.75) is 20.0 Å². The number of hydrogen-bond acceptors (Lipinski definition) is 3. The summed E-state index contributed by atoms with van der Waals surface area (Å²) >= 11 is 0. The summed E-state index contributed by atoms with van der Waals surface area (Å²) in [7, 11) is 0. The van der Waals surface area contributed by atoms with Gasteiger partial charge in [0.25, 0.3) is 0 Å². The Morgan fingerprint density at radius 3 is 2.75 bits per heavy atom. The fraction of sp³-hybridized carbons (Fsp3) is 0.250. The lowest BCUT2D eigenvalue weighted by Crippen LogP contribution is -2.09. The summed E-state index contributed by atoms with van der Waals surface area (Å²) < 4.78 is 5.48. The van der Waals surface area contributed by atoms with Gasteiger partial charge in [-0.05, 0) is 37.6 Å². The van der Waals surface area contributed by atoms with Gasteiger partial charge >= 0.3 is 5.97 Å². The van der Waals surface area contributed by atoms with Crippen molar-refractivity contribution in [2.24, 2.45) is 5.73 Å². The molecule has 0 aliphatic carbocycles. The maximum Gasteiger partial charge on any atom is 0.351 e. The zero-order valence-electron chi connectivity index (χ0n) is 9.31. The van der Waals surface area contributed by atoms with Gasteiger partial charge in [0.15, 0.2) is 0 Å². The molecule has 0 aliphatic heterocycles. The summed E-state index contributed by atoms with van der Waals surface area (Å²) in [6, 6.07) is 7.12. The molecule has 1 aromatic rings. The maximum absolute atomic E-state index is 10.5. The van der Waals surface area contributed by atoms with Gasteiger partial charge in [-0.2, -0.15) is 0 Å². The van der Waals surface area contributed by atoms with Gasteiger partial charge < -0.3 is 15.6 Å². The zero-order valence-corrected chi connectivity index (χ0v) is 9.31. The first-order valence-corrected chi connectivity index (χ1v) is 4.96. The van der Waals surface area contributed by atoms with Crippen LogP contribution in [0.3, 0.4) is 0 Å². The maximum atomic E-state index is 10.5. The number of rotatable bonds is 4. The second kappa shape index (κ2) is 5.21. The SMILES string of the molecule is CC(C)Oc1cccc(/C=C(/N)C(=O)O)c1. The molecule has 0 amide bonds. The first kappa shape index (κ1) is 12.1. The average Bonchev–Trinajstić information content (AvgIpc) is 2.16. The fourth-order valence-electron chi connectivity index (χ4n) is 1.19. The lowest BCUT2D eigenvalue weighted by molar-refractivity contribution is -0.132. The third-order valence-electron chi connectivity index (χ3n) is 1.80. The van der Waals surface area contributed by atoms with Gasteiger partial charge in [0, 0.05) is 0 Å². The molecule has 1 rings (SSSR count). The number of hydrogen-bond donors (Lipinski definition) is 2. The molecular formula is C12H15NO3. The van der Waals surface area contributed by atoms with Crippen molar-refractivity contribution in [3.05, 3.63) is 35.5 Å². The summed E-state index contributed by atoms with van der Waals surface area (Å²) in [5.74, 6) is -0.433. The molecular weight excluding hydrogens is 206 g/mol. The predicted octanol–water partition coefficient (Wildman–Crippen LogP) is 1.86. The molecule has 0 saturated heterocycles. The van der Waals surface area contributed by atoms with Crippen LogP contribution in [0, 0.1) is 0 Å². The van der Waals surface area contributed by atoms with Crippen LogP contribution < -0.4 is 10.5 Å². The van der Waals surface area contributed by atoms with Gasteiger partial charge in [-0.25, -0.2) is 4.79 Å². The molecule has 0 aromatic heterocycles. The van der Waals surface area contributed by atoms with Crippen LogP contribution in [0.4, 0.5) is 0 Å². The van der Waals surface area contributed by atoms with Gasteiger partial charge in [0.1, 0.15) is 11.4 Å². The first-order chi connectivity index (χ1) is 7.49. The van der Waals surface area contributed by atoms with Crippen molar-refractivity contribution < 1.29 is 14.6 Å². The van der Waals surface area contributed by atoms with Crippen LogP contribution in [0.15, 0.2) is 30.0 Å². The summed E-state index contributed by atoms with van der Waals surface area (Å²) in [5.41, 5.74) is 5.83. The average molecular weight is 221 g/mol. The number of carboxylic acid groups (broad SMARTS) is 1. The number of carboxylic acids is 1. The van der Waals surface area contributed by atoms with E-state index in [1.807, 2.05) is 19.9 Å². The van der Waals surface area contributed by atoms with Gasteiger partial charge in [-0.15, -0.1) is 0 Å². The van der Waals surface area contributed by atoms with Crippen LogP contribution in [0.2, 0.25) is 0 Å². The van der Waals surface area contributed by atoms with Crippen molar-refractivity contribution in [3.8, 4) is 5.75 Å². The fourth-order valence-corrected chi connectivity index (χ4v) is 1.19. The summed E-state index contributed by atoms with van der Waals surface area (Å²) in [5, 5.41) is 8.63. The van der Waals surface area contributed by atoms with Crippen LogP contribution >= 0.6 is 0 Å². The Morgan fingerprint density at radius 1 is 1.50 bits per heavy atom. The van der Waals surface area contributed by atoms with E-state index >= 15 is 0 Å². The van der Waals surface area contributed by atoms with Crippen molar-refractivity contribution in [2.75, 3.05) is 0 Å². The zero-order chi connectivity index (χ0) is 12.1. The van der Waals surface area contributed by atoms with Crippen molar-refractivity contribution in [1.29, 1.82) is 0 Å². The summed E-state index contributed by atoms with van der Waals surface area (Å²) in [6.45, 7) is 3.85. The van der Waals surface area contributed by atoms with E-state index in [4.69, 9.17) is 15.6 Å². The Morgan fingerprint density at radius 2 is 2.19 bits per heavy atom. The van der Waals surface area contributed by atoms with E-state index in [0.29, 0.717) is 11.3 Å². The third kappa shape index (κ3) is 3.65. The van der Waals surface area contributed by atoms with E-state index in [-0.39, 0.29) is 11.8 Å².